The number of hydrogen-bond donors (Lipinski definition) is 2. The molecule has 28 heavy (non-hydrogen) atoms. The Morgan fingerprint density at radius 3 is 2.50 bits per heavy atom. The number of ether oxygens (including phenoxy) is 2. The first-order valence-corrected chi connectivity index (χ1v) is 9.67. The van der Waals surface area contributed by atoms with E-state index in [1.54, 1.807) is 19.2 Å². The highest BCUT2D eigenvalue weighted by molar-refractivity contribution is 14.0. The molecule has 160 valence electrons. The molecule has 0 radical (unpaired) electrons. The molecule has 0 amide bonds. The number of nitrogens with zero attached hydrogens (tertiary/aromatic N) is 2. The molecule has 0 atom stereocenters. The summed E-state index contributed by atoms with van der Waals surface area (Å²) in [6.07, 6.45) is 1.88. The van der Waals surface area contributed by atoms with Crippen molar-refractivity contribution in [1.29, 1.82) is 0 Å². The van der Waals surface area contributed by atoms with Gasteiger partial charge in [0, 0.05) is 38.8 Å². The average Bonchev–Trinajstić information content (AvgIpc) is 2.69. The first-order valence-electron chi connectivity index (χ1n) is 9.67. The number of hydrogen-bond acceptors (Lipinski definition) is 4. The standard InChI is InChI=1S/C20H33FN4O2.HI/c1-20(2,25-11-14-26-15-12-25)16-24-19(22-3)23-10-4-5-13-27-18-8-6-17(21)7-9-18;/h6-9H,4-5,10-16H2,1-3H3,(H2,22,23,24);1H. The highest BCUT2D eigenvalue weighted by atomic mass is 127. The fraction of sp³-hybridized carbons (Fsp3) is 0.650. The molecule has 1 aliphatic heterocycles. The van der Waals surface area contributed by atoms with Crippen molar-refractivity contribution in [2.45, 2.75) is 32.2 Å². The molecule has 6 nitrogen and oxygen atoms in total. The Balaban J connectivity index is 0.00000392. The lowest BCUT2D eigenvalue weighted by molar-refractivity contribution is -0.00833. The molecule has 1 heterocycles. The molecule has 0 spiro atoms. The first kappa shape index (κ1) is 24.9. The number of aliphatic imine (C=N–C) groups is 1. The lowest BCUT2D eigenvalue weighted by atomic mass is 10.0. The van der Waals surface area contributed by atoms with Crippen molar-refractivity contribution >= 4 is 29.9 Å². The molecule has 8 heteroatoms. The Hall–Kier alpha value is -1.13. The zero-order chi connectivity index (χ0) is 19.5. The molecule has 0 saturated carbocycles. The SMILES string of the molecule is CN=C(NCCCCOc1ccc(F)cc1)NCC(C)(C)N1CCOCC1.I. The highest BCUT2D eigenvalue weighted by Crippen LogP contribution is 2.15. The van der Waals surface area contributed by atoms with Gasteiger partial charge in [-0.1, -0.05) is 0 Å². The lowest BCUT2D eigenvalue weighted by Crippen LogP contribution is -2.56. The normalized spacial score (nSPS) is 15.6. The number of nitrogens with one attached hydrogen (secondary N) is 2. The van der Waals surface area contributed by atoms with Gasteiger partial charge in [-0.25, -0.2) is 4.39 Å². The molecular weight excluding hydrogens is 474 g/mol. The molecule has 1 fully saturated rings. The molecule has 1 aromatic carbocycles. The smallest absolute Gasteiger partial charge is 0.191 e. The number of rotatable bonds is 9. The zero-order valence-electron chi connectivity index (χ0n) is 17.2. The van der Waals surface area contributed by atoms with E-state index in [0.29, 0.717) is 12.4 Å². The van der Waals surface area contributed by atoms with Crippen molar-refractivity contribution in [3.63, 3.8) is 0 Å². The lowest BCUT2D eigenvalue weighted by Gasteiger charge is -2.41. The number of morpholine rings is 1. The van der Waals surface area contributed by atoms with Gasteiger partial charge in [-0.3, -0.25) is 9.89 Å². The second-order valence-corrected chi connectivity index (χ2v) is 7.27. The molecule has 2 N–H and O–H groups in total. The van der Waals surface area contributed by atoms with Crippen molar-refractivity contribution in [3.05, 3.63) is 30.1 Å². The number of unbranched alkanes of at least 4 members (excludes halogenated alkanes) is 1. The summed E-state index contributed by atoms with van der Waals surface area (Å²) in [7, 11) is 1.79. The Labute approximate surface area is 185 Å². The molecule has 1 aliphatic rings. The summed E-state index contributed by atoms with van der Waals surface area (Å²) in [6.45, 7) is 10.3. The summed E-state index contributed by atoms with van der Waals surface area (Å²) in [4.78, 5) is 6.74. The maximum absolute atomic E-state index is 12.8. The van der Waals surface area contributed by atoms with Crippen molar-refractivity contribution in [2.24, 2.45) is 4.99 Å². The van der Waals surface area contributed by atoms with Crippen molar-refractivity contribution < 1.29 is 13.9 Å². The highest BCUT2D eigenvalue weighted by Gasteiger charge is 2.28. The molecule has 0 aromatic heterocycles. The van der Waals surface area contributed by atoms with Crippen LogP contribution in [0.5, 0.6) is 5.75 Å². The van der Waals surface area contributed by atoms with E-state index < -0.39 is 0 Å². The van der Waals surface area contributed by atoms with Gasteiger partial charge in [-0.15, -0.1) is 24.0 Å². The molecular formula is C20H34FIN4O2. The van der Waals surface area contributed by atoms with Crippen LogP contribution >= 0.6 is 24.0 Å². The fourth-order valence-electron chi connectivity index (χ4n) is 2.96. The molecule has 0 unspecified atom stereocenters. The molecule has 0 bridgehead atoms. The second kappa shape index (κ2) is 13.2. The minimum Gasteiger partial charge on any atom is -0.494 e. The number of benzene rings is 1. The minimum absolute atomic E-state index is 0. The zero-order valence-corrected chi connectivity index (χ0v) is 19.5. The van der Waals surface area contributed by atoms with E-state index in [2.05, 4.69) is 34.4 Å². The van der Waals surface area contributed by atoms with E-state index in [0.717, 1.165) is 58.2 Å². The third-order valence-electron chi connectivity index (χ3n) is 4.73. The van der Waals surface area contributed by atoms with E-state index in [1.165, 1.54) is 12.1 Å². The number of halogens is 2. The summed E-state index contributed by atoms with van der Waals surface area (Å²) in [5, 5.41) is 6.76. The van der Waals surface area contributed by atoms with Gasteiger partial charge >= 0.3 is 0 Å². The summed E-state index contributed by atoms with van der Waals surface area (Å²) < 4.78 is 23.9. The van der Waals surface area contributed by atoms with E-state index >= 15 is 0 Å². The Bertz CT molecular complexity index is 578. The van der Waals surface area contributed by atoms with E-state index in [1.807, 2.05) is 0 Å². The average molecular weight is 508 g/mol. The maximum atomic E-state index is 12.8. The van der Waals surface area contributed by atoms with Gasteiger partial charge in [0.2, 0.25) is 0 Å². The summed E-state index contributed by atoms with van der Waals surface area (Å²) in [5.74, 6) is 1.27. The minimum atomic E-state index is -0.248. The van der Waals surface area contributed by atoms with Crippen LogP contribution in [-0.4, -0.2) is 69.4 Å². The van der Waals surface area contributed by atoms with Gasteiger partial charge in [-0.2, -0.15) is 0 Å². The van der Waals surface area contributed by atoms with Crippen LogP contribution in [0.15, 0.2) is 29.3 Å². The Morgan fingerprint density at radius 2 is 1.86 bits per heavy atom. The largest absolute Gasteiger partial charge is 0.494 e. The van der Waals surface area contributed by atoms with Crippen molar-refractivity contribution in [3.8, 4) is 5.75 Å². The van der Waals surface area contributed by atoms with Gasteiger partial charge < -0.3 is 20.1 Å². The fourth-order valence-corrected chi connectivity index (χ4v) is 2.96. The van der Waals surface area contributed by atoms with E-state index in [9.17, 15) is 4.39 Å². The number of guanidine groups is 1. The third kappa shape index (κ3) is 8.91. The quantitative estimate of drug-likeness (QED) is 0.233. The van der Waals surface area contributed by atoms with Crippen LogP contribution in [0, 0.1) is 5.82 Å². The monoisotopic (exact) mass is 508 g/mol. The third-order valence-corrected chi connectivity index (χ3v) is 4.73. The molecule has 1 aromatic rings. The molecule has 0 aliphatic carbocycles. The molecule has 2 rings (SSSR count). The second-order valence-electron chi connectivity index (χ2n) is 7.27. The summed E-state index contributed by atoms with van der Waals surface area (Å²) in [6, 6.07) is 6.11. The predicted octanol–water partition coefficient (Wildman–Crippen LogP) is 2.88. The Kier molecular flexibility index (Phi) is 11.7. The predicted molar refractivity (Wildman–Crippen MR) is 122 cm³/mol. The van der Waals surface area contributed by atoms with Crippen molar-refractivity contribution in [1.82, 2.24) is 15.5 Å². The van der Waals surface area contributed by atoms with Gasteiger partial charge in [0.05, 0.1) is 19.8 Å². The van der Waals surface area contributed by atoms with Gasteiger partial charge in [0.15, 0.2) is 5.96 Å². The summed E-state index contributed by atoms with van der Waals surface area (Å²) >= 11 is 0. The first-order chi connectivity index (χ1) is 13.0. The van der Waals surface area contributed by atoms with E-state index in [-0.39, 0.29) is 35.3 Å². The maximum Gasteiger partial charge on any atom is 0.191 e. The van der Waals surface area contributed by atoms with Crippen LogP contribution in [0.25, 0.3) is 0 Å². The van der Waals surface area contributed by atoms with Crippen LogP contribution in [0.3, 0.4) is 0 Å². The summed E-state index contributed by atoms with van der Waals surface area (Å²) in [5.41, 5.74) is 0.0460. The van der Waals surface area contributed by atoms with E-state index in [4.69, 9.17) is 9.47 Å². The molecule has 1 saturated heterocycles. The Morgan fingerprint density at radius 1 is 1.18 bits per heavy atom. The van der Waals surface area contributed by atoms with Crippen LogP contribution in [0.2, 0.25) is 0 Å². The van der Waals surface area contributed by atoms with Crippen LogP contribution in [-0.2, 0) is 4.74 Å². The van der Waals surface area contributed by atoms with Crippen LogP contribution < -0.4 is 15.4 Å². The topological polar surface area (TPSA) is 58.1 Å². The van der Waals surface area contributed by atoms with Gasteiger partial charge in [-0.05, 0) is 51.0 Å². The van der Waals surface area contributed by atoms with Gasteiger partial charge in [0.1, 0.15) is 11.6 Å². The van der Waals surface area contributed by atoms with Gasteiger partial charge in [0.25, 0.3) is 0 Å². The van der Waals surface area contributed by atoms with Crippen LogP contribution in [0.4, 0.5) is 4.39 Å². The van der Waals surface area contributed by atoms with Crippen molar-refractivity contribution in [2.75, 3.05) is 53.0 Å². The van der Waals surface area contributed by atoms with Crippen LogP contribution in [0.1, 0.15) is 26.7 Å².